The fraction of sp³-hybridized carbons (Fsp3) is 0.368. The third-order valence-corrected chi connectivity index (χ3v) is 3.58. The molecule has 0 atom stereocenters. The fourth-order valence-corrected chi connectivity index (χ4v) is 2.24. The second-order valence-corrected chi connectivity index (χ2v) is 5.67. The van der Waals surface area contributed by atoms with Crippen LogP contribution in [0.3, 0.4) is 0 Å². The van der Waals surface area contributed by atoms with Crippen LogP contribution in [0.4, 0.5) is 0 Å². The molecule has 1 aromatic heterocycles. The van der Waals surface area contributed by atoms with Crippen LogP contribution in [-0.4, -0.2) is 31.6 Å². The van der Waals surface area contributed by atoms with Gasteiger partial charge in [0.05, 0.1) is 12.8 Å². The topological polar surface area (TPSA) is 102 Å². The molecule has 0 saturated carbocycles. The van der Waals surface area contributed by atoms with E-state index in [-0.39, 0.29) is 24.0 Å². The minimum absolute atomic E-state index is 0. The zero-order valence-electron chi connectivity index (χ0n) is 15.4. The molecule has 0 radical (unpaired) electrons. The first-order chi connectivity index (χ1) is 12.7. The van der Waals surface area contributed by atoms with Gasteiger partial charge in [-0.1, -0.05) is 12.1 Å². The predicted octanol–water partition coefficient (Wildman–Crippen LogP) is 2.66. The molecule has 0 unspecified atom stereocenters. The molecule has 7 nitrogen and oxygen atoms in total. The van der Waals surface area contributed by atoms with E-state index in [0.29, 0.717) is 25.3 Å². The monoisotopic (exact) mass is 486 g/mol. The summed E-state index contributed by atoms with van der Waals surface area (Å²) in [7, 11) is 0. The number of amides is 1. The molecule has 2 aromatic rings. The van der Waals surface area contributed by atoms with Gasteiger partial charge in [0.15, 0.2) is 5.96 Å². The van der Waals surface area contributed by atoms with Gasteiger partial charge in [-0.25, -0.2) is 4.99 Å². The molecule has 4 N–H and O–H groups in total. The van der Waals surface area contributed by atoms with E-state index in [2.05, 4.69) is 15.6 Å². The average molecular weight is 486 g/mol. The van der Waals surface area contributed by atoms with Crippen molar-refractivity contribution in [3.05, 3.63) is 59.5 Å². The Balaban J connectivity index is 0.00000364. The molecule has 1 heterocycles. The number of ether oxygens (including phenoxy) is 1. The first-order valence-electron chi connectivity index (χ1n) is 8.70. The van der Waals surface area contributed by atoms with E-state index in [0.717, 1.165) is 36.8 Å². The van der Waals surface area contributed by atoms with Gasteiger partial charge >= 0.3 is 0 Å². The number of benzene rings is 1. The molecule has 0 saturated heterocycles. The van der Waals surface area contributed by atoms with Gasteiger partial charge in [0.1, 0.15) is 12.4 Å². The third kappa shape index (κ3) is 8.91. The largest absolute Gasteiger partial charge is 0.467 e. The molecule has 1 amide bonds. The molecule has 148 valence electrons. The number of guanidine groups is 1. The Kier molecular flexibility index (Phi) is 11.2. The first-order valence-corrected chi connectivity index (χ1v) is 8.70. The van der Waals surface area contributed by atoms with Crippen molar-refractivity contribution in [2.24, 2.45) is 10.7 Å². The van der Waals surface area contributed by atoms with Crippen LogP contribution in [0.15, 0.2) is 52.1 Å². The van der Waals surface area contributed by atoms with Crippen LogP contribution in [0.1, 0.15) is 35.0 Å². The number of nitrogens with zero attached hydrogens (tertiary/aromatic N) is 1. The lowest BCUT2D eigenvalue weighted by Crippen LogP contribution is -2.38. The molecule has 2 rings (SSSR count). The first kappa shape index (κ1) is 23.0. The standard InChI is InChI=1S/C19H26N4O3.HI/c1-2-21-19(22-10-4-11-25-14-17-5-3-12-26-17)23-13-15-6-8-16(9-7-15)18(20)24;/h3,5-9,12H,2,4,10-11,13-14H2,1H3,(H2,20,24)(H2,21,22,23);1H. The number of nitrogens with one attached hydrogen (secondary N) is 2. The number of rotatable bonds is 10. The SMILES string of the molecule is CCNC(=NCc1ccc(C(N)=O)cc1)NCCCOCc1ccco1.I. The van der Waals surface area contributed by atoms with Crippen molar-refractivity contribution in [2.45, 2.75) is 26.5 Å². The van der Waals surface area contributed by atoms with Crippen LogP contribution in [0.25, 0.3) is 0 Å². The normalized spacial score (nSPS) is 10.9. The van der Waals surface area contributed by atoms with Gasteiger partial charge in [-0.05, 0) is 43.2 Å². The van der Waals surface area contributed by atoms with Crippen LogP contribution in [0.2, 0.25) is 0 Å². The number of nitrogens with two attached hydrogens (primary N) is 1. The summed E-state index contributed by atoms with van der Waals surface area (Å²) in [5.41, 5.74) is 6.75. The highest BCUT2D eigenvalue weighted by atomic mass is 127. The van der Waals surface area contributed by atoms with Gasteiger partial charge in [-0.2, -0.15) is 0 Å². The number of primary amides is 1. The minimum Gasteiger partial charge on any atom is -0.467 e. The van der Waals surface area contributed by atoms with Crippen LogP contribution >= 0.6 is 24.0 Å². The zero-order valence-corrected chi connectivity index (χ0v) is 17.8. The lowest BCUT2D eigenvalue weighted by atomic mass is 10.1. The van der Waals surface area contributed by atoms with Crippen LogP contribution in [0.5, 0.6) is 0 Å². The second-order valence-electron chi connectivity index (χ2n) is 5.67. The summed E-state index contributed by atoms with van der Waals surface area (Å²) < 4.78 is 10.8. The Bertz CT molecular complexity index is 687. The lowest BCUT2D eigenvalue weighted by molar-refractivity contribution is 0.1000. The van der Waals surface area contributed by atoms with Gasteiger partial charge in [0.25, 0.3) is 0 Å². The summed E-state index contributed by atoms with van der Waals surface area (Å²) in [6.07, 6.45) is 2.50. The molecule has 1 aromatic carbocycles. The Morgan fingerprint density at radius 2 is 2.00 bits per heavy atom. The molecule has 27 heavy (non-hydrogen) atoms. The van der Waals surface area contributed by atoms with Crippen molar-refractivity contribution in [1.82, 2.24) is 10.6 Å². The second kappa shape index (κ2) is 13.2. The van der Waals surface area contributed by atoms with Crippen molar-refractivity contribution >= 4 is 35.8 Å². The summed E-state index contributed by atoms with van der Waals surface area (Å²) in [5.74, 6) is 1.15. The van der Waals surface area contributed by atoms with Crippen molar-refractivity contribution in [2.75, 3.05) is 19.7 Å². The summed E-state index contributed by atoms with van der Waals surface area (Å²) >= 11 is 0. The van der Waals surface area contributed by atoms with E-state index >= 15 is 0 Å². The van der Waals surface area contributed by atoms with Gasteiger partial charge < -0.3 is 25.5 Å². The maximum Gasteiger partial charge on any atom is 0.248 e. The Morgan fingerprint density at radius 1 is 1.22 bits per heavy atom. The maximum atomic E-state index is 11.1. The van der Waals surface area contributed by atoms with Crippen LogP contribution in [-0.2, 0) is 17.9 Å². The highest BCUT2D eigenvalue weighted by Gasteiger charge is 2.01. The summed E-state index contributed by atoms with van der Waals surface area (Å²) in [6.45, 7) is 5.20. The minimum atomic E-state index is -0.427. The highest BCUT2D eigenvalue weighted by molar-refractivity contribution is 14.0. The summed E-state index contributed by atoms with van der Waals surface area (Å²) in [4.78, 5) is 15.6. The maximum absolute atomic E-state index is 11.1. The van der Waals surface area contributed by atoms with Gasteiger partial charge in [-0.15, -0.1) is 24.0 Å². The van der Waals surface area contributed by atoms with E-state index in [1.807, 2.05) is 31.2 Å². The van der Waals surface area contributed by atoms with Crippen molar-refractivity contribution in [1.29, 1.82) is 0 Å². The predicted molar refractivity (Wildman–Crippen MR) is 116 cm³/mol. The van der Waals surface area contributed by atoms with Gasteiger partial charge in [0, 0.05) is 25.3 Å². The molecule has 0 aliphatic heterocycles. The molecule has 0 bridgehead atoms. The number of hydrogen-bond acceptors (Lipinski definition) is 4. The number of furan rings is 1. The third-order valence-electron chi connectivity index (χ3n) is 3.58. The lowest BCUT2D eigenvalue weighted by Gasteiger charge is -2.11. The highest BCUT2D eigenvalue weighted by Crippen LogP contribution is 2.05. The zero-order chi connectivity index (χ0) is 18.6. The van der Waals surface area contributed by atoms with E-state index in [1.165, 1.54) is 0 Å². The fourth-order valence-electron chi connectivity index (χ4n) is 2.24. The Hall–Kier alpha value is -2.07. The van der Waals surface area contributed by atoms with Gasteiger partial charge in [-0.3, -0.25) is 4.79 Å². The number of carbonyl (C=O) groups excluding carboxylic acids is 1. The van der Waals surface area contributed by atoms with Crippen molar-refractivity contribution in [3.8, 4) is 0 Å². The van der Waals surface area contributed by atoms with Crippen molar-refractivity contribution < 1.29 is 13.9 Å². The van der Waals surface area contributed by atoms with Crippen LogP contribution < -0.4 is 16.4 Å². The average Bonchev–Trinajstić information content (AvgIpc) is 3.16. The quantitative estimate of drug-likeness (QED) is 0.208. The van der Waals surface area contributed by atoms with E-state index in [4.69, 9.17) is 14.9 Å². The molecule has 0 aliphatic rings. The van der Waals surface area contributed by atoms with E-state index < -0.39 is 5.91 Å². The number of carbonyl (C=O) groups is 1. The van der Waals surface area contributed by atoms with Gasteiger partial charge in [0.2, 0.25) is 5.91 Å². The van der Waals surface area contributed by atoms with Crippen LogP contribution in [0, 0.1) is 0 Å². The smallest absolute Gasteiger partial charge is 0.248 e. The summed E-state index contributed by atoms with van der Waals surface area (Å²) in [5, 5.41) is 6.48. The molecule has 0 spiro atoms. The molecule has 0 fully saturated rings. The van der Waals surface area contributed by atoms with E-state index in [9.17, 15) is 4.79 Å². The number of aliphatic imine (C=N–C) groups is 1. The number of halogens is 1. The Morgan fingerprint density at radius 3 is 2.63 bits per heavy atom. The van der Waals surface area contributed by atoms with Crippen molar-refractivity contribution in [3.63, 3.8) is 0 Å². The molecule has 0 aliphatic carbocycles. The Labute approximate surface area is 176 Å². The van der Waals surface area contributed by atoms with E-state index in [1.54, 1.807) is 18.4 Å². The molecule has 8 heteroatoms. The molecular formula is C19H27IN4O3. The molecular weight excluding hydrogens is 459 g/mol. The summed E-state index contributed by atoms with van der Waals surface area (Å²) in [6, 6.07) is 10.9. The number of hydrogen-bond donors (Lipinski definition) is 3.